The second kappa shape index (κ2) is 27.1. The quantitative estimate of drug-likeness (QED) is 0.0305. The fraction of sp³-hybridized carbons (Fsp3) is 0.622. The number of nitrogen functional groups attached to an aromatic ring is 1. The molecule has 372 valence electrons. The number of thioether (sulfide) groups is 1. The van der Waals surface area contributed by atoms with Crippen LogP contribution in [0.5, 0.6) is 0 Å². The van der Waals surface area contributed by atoms with E-state index < -0.39 is 90.7 Å². The summed E-state index contributed by atoms with van der Waals surface area (Å²) in [5.74, 6) is -1.26. The second-order valence-corrected chi connectivity index (χ2v) is 20.8. The van der Waals surface area contributed by atoms with Gasteiger partial charge in [0.05, 0.1) is 25.6 Å². The van der Waals surface area contributed by atoms with Crippen molar-refractivity contribution < 1.29 is 85.6 Å². The number of amides is 2. The molecule has 1 aliphatic heterocycles. The minimum Gasteiger partial charge on any atom is -0.393 e. The Hall–Kier alpha value is -3.26. The number of phosphoric acid groups is 3. The number of ether oxygens (including phenoxy) is 1. The molecule has 3 rings (SSSR count). The number of carbonyl (C=O) groups is 3. The second-order valence-electron chi connectivity index (χ2n) is 15.4. The SMILES string of the molecule is CC/C=C\C/C=C\C/C=C\CCC[C@@H](O)CC(=O)SCCNC(=O)CCNC(=O)[C@H](O)C(C)(C)COP(=O)(O)OP(=O)(O)OC[C@H]1O[C@@H](n2cnc3c(N)ncnc32)[C@H](O)[C@@H]1OP(=O)(O)O. The lowest BCUT2D eigenvalue weighted by molar-refractivity contribution is -0.137. The molecule has 66 heavy (non-hydrogen) atoms. The van der Waals surface area contributed by atoms with E-state index in [0.717, 1.165) is 61.1 Å². The molecule has 2 amide bonds. The third-order valence-corrected chi connectivity index (χ3v) is 13.4. The van der Waals surface area contributed by atoms with E-state index in [1.165, 1.54) is 13.8 Å². The fourth-order valence-corrected chi connectivity index (χ4v) is 9.52. The van der Waals surface area contributed by atoms with Crippen LogP contribution in [0.2, 0.25) is 0 Å². The van der Waals surface area contributed by atoms with Crippen molar-refractivity contribution >= 4 is 69.1 Å². The van der Waals surface area contributed by atoms with Gasteiger partial charge in [-0.1, -0.05) is 69.0 Å². The zero-order valence-electron chi connectivity index (χ0n) is 36.5. The highest BCUT2D eigenvalue weighted by molar-refractivity contribution is 8.13. The van der Waals surface area contributed by atoms with Gasteiger partial charge in [0.1, 0.15) is 36.3 Å². The highest BCUT2D eigenvalue weighted by atomic mass is 32.2. The van der Waals surface area contributed by atoms with Gasteiger partial charge in [-0.2, -0.15) is 4.31 Å². The number of anilines is 1. The van der Waals surface area contributed by atoms with Crippen LogP contribution in [0.4, 0.5) is 5.82 Å². The molecule has 8 atom stereocenters. The smallest absolute Gasteiger partial charge is 0.393 e. The van der Waals surface area contributed by atoms with Crippen LogP contribution in [-0.4, -0.2) is 134 Å². The first-order valence-corrected chi connectivity index (χ1v) is 26.1. The first-order chi connectivity index (χ1) is 30.9. The van der Waals surface area contributed by atoms with Crippen LogP contribution in [0.15, 0.2) is 49.1 Å². The monoisotopic (exact) mass is 1020 g/mol. The Morgan fingerprint density at radius 2 is 1.64 bits per heavy atom. The largest absolute Gasteiger partial charge is 0.481 e. The predicted molar refractivity (Wildman–Crippen MR) is 239 cm³/mol. The molecule has 0 radical (unpaired) electrons. The number of phosphoric ester groups is 3. The highest BCUT2D eigenvalue weighted by Gasteiger charge is 2.50. The van der Waals surface area contributed by atoms with Gasteiger partial charge in [-0.15, -0.1) is 0 Å². The average Bonchev–Trinajstić information content (AvgIpc) is 3.79. The lowest BCUT2D eigenvalue weighted by Crippen LogP contribution is -2.46. The summed E-state index contributed by atoms with van der Waals surface area (Å²) >= 11 is 0.972. The lowest BCUT2D eigenvalue weighted by Gasteiger charge is -2.30. The fourth-order valence-electron chi connectivity index (χ4n) is 5.95. The van der Waals surface area contributed by atoms with Crippen LogP contribution in [0.3, 0.4) is 0 Å². The molecular weight excluding hydrogens is 955 g/mol. The Kier molecular flexibility index (Phi) is 23.4. The van der Waals surface area contributed by atoms with E-state index in [0.29, 0.717) is 6.42 Å². The first kappa shape index (κ1) is 57.1. The van der Waals surface area contributed by atoms with Crippen molar-refractivity contribution in [3.05, 3.63) is 49.1 Å². The maximum absolute atomic E-state index is 12.7. The van der Waals surface area contributed by atoms with Crippen LogP contribution in [-0.2, 0) is 50.7 Å². The Balaban J connectivity index is 1.35. The lowest BCUT2D eigenvalue weighted by atomic mass is 9.87. The average molecular weight is 1020 g/mol. The Labute approximate surface area is 385 Å². The van der Waals surface area contributed by atoms with Crippen LogP contribution >= 0.6 is 35.2 Å². The first-order valence-electron chi connectivity index (χ1n) is 20.6. The van der Waals surface area contributed by atoms with Crippen LogP contribution in [0.1, 0.15) is 78.4 Å². The molecule has 3 heterocycles. The van der Waals surface area contributed by atoms with Gasteiger partial charge in [-0.25, -0.2) is 28.6 Å². The third kappa shape index (κ3) is 20.1. The number of carbonyl (C=O) groups excluding carboxylic acids is 3. The van der Waals surface area contributed by atoms with E-state index in [-0.39, 0.29) is 53.8 Å². The predicted octanol–water partition coefficient (Wildman–Crippen LogP) is 2.44. The topological polar surface area (TPSA) is 384 Å². The van der Waals surface area contributed by atoms with Crippen LogP contribution in [0.25, 0.3) is 11.2 Å². The van der Waals surface area contributed by atoms with Crippen molar-refractivity contribution in [2.75, 3.05) is 37.8 Å². The number of unbranched alkanes of at least 4 members (excludes halogenated alkanes) is 1. The van der Waals surface area contributed by atoms with Crippen molar-refractivity contribution in [1.29, 1.82) is 0 Å². The van der Waals surface area contributed by atoms with Crippen molar-refractivity contribution in [2.45, 2.75) is 109 Å². The van der Waals surface area contributed by atoms with Crippen molar-refractivity contribution in [2.24, 2.45) is 5.41 Å². The van der Waals surface area contributed by atoms with E-state index in [2.05, 4.69) is 71.7 Å². The summed E-state index contributed by atoms with van der Waals surface area (Å²) in [5.41, 5.74) is 4.24. The number of rotatable bonds is 30. The van der Waals surface area contributed by atoms with Gasteiger partial charge in [-0.05, 0) is 38.5 Å². The van der Waals surface area contributed by atoms with Gasteiger partial charge in [0.2, 0.25) is 11.8 Å². The van der Waals surface area contributed by atoms with Gasteiger partial charge in [-0.3, -0.25) is 32.5 Å². The molecule has 2 aromatic rings. The number of imidazole rings is 1. The minimum absolute atomic E-state index is 0.0156. The van der Waals surface area contributed by atoms with Gasteiger partial charge in [0.15, 0.2) is 22.8 Å². The third-order valence-electron chi connectivity index (χ3n) is 9.36. The molecule has 0 bridgehead atoms. The molecule has 2 unspecified atom stereocenters. The van der Waals surface area contributed by atoms with E-state index in [9.17, 15) is 63.0 Å². The molecule has 1 aliphatic rings. The zero-order chi connectivity index (χ0) is 49.1. The minimum atomic E-state index is -5.59. The number of aliphatic hydroxyl groups excluding tert-OH is 3. The van der Waals surface area contributed by atoms with Crippen molar-refractivity contribution in [3.8, 4) is 0 Å². The van der Waals surface area contributed by atoms with Crippen LogP contribution in [0, 0.1) is 5.41 Å². The number of nitrogens with zero attached hydrogens (tertiary/aromatic N) is 4. The standard InChI is InChI=1S/C37H60N7O18P3S/c1-4-5-6-7-8-9-10-11-12-13-14-15-25(45)20-28(47)66-19-18-39-27(46)16-17-40-35(50)32(49)37(2,3)22-59-65(56,57)62-64(54,55)58-21-26-31(61-63(51,52)53)30(48)36(60-26)44-24-43-29-33(38)41-23-42-34(29)44/h5-6,8-9,11-12,23-26,30-32,36,45,48-49H,4,7,10,13-22H2,1-3H3,(H,39,46)(H,40,50)(H,54,55)(H,56,57)(H2,38,41,42)(H2,51,52,53)/b6-5-,9-8-,12-11-/t25-,26-,30-,31-,32+,36-/m1/s1. The van der Waals surface area contributed by atoms with E-state index in [1.54, 1.807) is 0 Å². The normalized spacial score (nSPS) is 21.1. The Morgan fingerprint density at radius 3 is 2.32 bits per heavy atom. The number of nitrogens with two attached hydrogens (primary N) is 1. The molecule has 0 aliphatic carbocycles. The van der Waals surface area contributed by atoms with Gasteiger partial charge in [0, 0.05) is 37.1 Å². The molecule has 29 heteroatoms. The summed E-state index contributed by atoms with van der Waals surface area (Å²) in [6.07, 6.45) is 9.52. The Bertz CT molecular complexity index is 2140. The van der Waals surface area contributed by atoms with E-state index >= 15 is 0 Å². The van der Waals surface area contributed by atoms with Crippen molar-refractivity contribution in [3.63, 3.8) is 0 Å². The summed E-state index contributed by atoms with van der Waals surface area (Å²) in [4.78, 5) is 88.3. The number of allylic oxidation sites excluding steroid dienone is 6. The van der Waals surface area contributed by atoms with Gasteiger partial charge < -0.3 is 56.0 Å². The molecule has 11 N–H and O–H groups in total. The Morgan fingerprint density at radius 1 is 0.970 bits per heavy atom. The number of hydrogen-bond acceptors (Lipinski definition) is 19. The molecule has 0 spiro atoms. The number of aliphatic hydroxyl groups is 3. The molecule has 1 saturated heterocycles. The summed E-state index contributed by atoms with van der Waals surface area (Å²) in [6.45, 7) is 2.44. The molecule has 0 saturated carbocycles. The van der Waals surface area contributed by atoms with E-state index in [1.807, 2.05) is 6.08 Å². The summed E-state index contributed by atoms with van der Waals surface area (Å²) in [6, 6.07) is 0. The number of fused-ring (bicyclic) bond motifs is 1. The van der Waals surface area contributed by atoms with Gasteiger partial charge >= 0.3 is 23.5 Å². The highest BCUT2D eigenvalue weighted by Crippen LogP contribution is 2.61. The maximum atomic E-state index is 12.7. The van der Waals surface area contributed by atoms with Crippen LogP contribution < -0.4 is 16.4 Å². The zero-order valence-corrected chi connectivity index (χ0v) is 40.0. The van der Waals surface area contributed by atoms with Crippen molar-refractivity contribution in [1.82, 2.24) is 30.2 Å². The number of nitrogens with one attached hydrogen (secondary N) is 2. The molecule has 25 nitrogen and oxygen atoms in total. The molecule has 2 aromatic heterocycles. The summed E-state index contributed by atoms with van der Waals surface area (Å²) in [5, 5.41) is 36.4. The molecular formula is C37H60N7O18P3S. The maximum Gasteiger partial charge on any atom is 0.481 e. The summed E-state index contributed by atoms with van der Waals surface area (Å²) < 4.78 is 62.3. The number of aromatic nitrogens is 4. The number of hydrogen-bond donors (Lipinski definition) is 10. The van der Waals surface area contributed by atoms with E-state index in [4.69, 9.17) is 19.5 Å². The van der Waals surface area contributed by atoms with Gasteiger partial charge in [0.25, 0.3) is 0 Å². The molecule has 0 aromatic carbocycles. The summed E-state index contributed by atoms with van der Waals surface area (Å²) in [7, 11) is -16.4. The molecule has 1 fully saturated rings.